The van der Waals surface area contributed by atoms with Crippen molar-refractivity contribution in [1.82, 2.24) is 10.6 Å². The first-order valence-corrected chi connectivity index (χ1v) is 10.5. The fraction of sp³-hybridized carbons (Fsp3) is 0.458. The van der Waals surface area contributed by atoms with Crippen LogP contribution in [0.3, 0.4) is 0 Å². The van der Waals surface area contributed by atoms with E-state index in [2.05, 4.69) is 47.0 Å². The van der Waals surface area contributed by atoms with E-state index in [1.54, 1.807) is 7.11 Å². The Balaban J connectivity index is 0.00000320. The Hall–Kier alpha value is -2.08. The summed E-state index contributed by atoms with van der Waals surface area (Å²) in [6.45, 7) is 2.91. The van der Waals surface area contributed by atoms with E-state index in [0.717, 1.165) is 43.7 Å². The van der Waals surface area contributed by atoms with Crippen LogP contribution in [0.15, 0.2) is 54.6 Å². The van der Waals surface area contributed by atoms with Crippen molar-refractivity contribution in [1.29, 1.82) is 0 Å². The molecule has 0 unspecified atom stereocenters. The summed E-state index contributed by atoms with van der Waals surface area (Å²) in [5.41, 5.74) is 1.81. The summed E-state index contributed by atoms with van der Waals surface area (Å²) in [5.74, 6) is 0.878. The number of benzene rings is 2. The number of carbonyl (C=O) groups excluding carboxylic acids is 1. The van der Waals surface area contributed by atoms with Gasteiger partial charge >= 0.3 is 0 Å². The van der Waals surface area contributed by atoms with Crippen molar-refractivity contribution in [2.45, 2.75) is 37.7 Å². The molecule has 1 aliphatic rings. The van der Waals surface area contributed by atoms with Gasteiger partial charge in [-0.3, -0.25) is 4.79 Å². The van der Waals surface area contributed by atoms with E-state index < -0.39 is 5.60 Å². The van der Waals surface area contributed by atoms with Crippen molar-refractivity contribution < 1.29 is 14.3 Å². The molecule has 2 N–H and O–H groups in total. The van der Waals surface area contributed by atoms with Crippen LogP contribution in [0.1, 0.15) is 30.4 Å². The quantitative estimate of drug-likeness (QED) is 0.564. The molecule has 1 aliphatic heterocycles. The van der Waals surface area contributed by atoms with Crippen molar-refractivity contribution in [3.05, 3.63) is 65.7 Å². The summed E-state index contributed by atoms with van der Waals surface area (Å²) in [6.07, 6.45) is 4.19. The predicted molar refractivity (Wildman–Crippen MR) is 123 cm³/mol. The third kappa shape index (κ3) is 7.01. The second kappa shape index (κ2) is 12.6. The van der Waals surface area contributed by atoms with Gasteiger partial charge in [-0.1, -0.05) is 42.5 Å². The third-order valence-corrected chi connectivity index (χ3v) is 5.53. The minimum absolute atomic E-state index is 0. The van der Waals surface area contributed by atoms with Crippen LogP contribution < -0.4 is 15.4 Å². The number of aryl methyl sites for hydroxylation is 1. The molecule has 0 radical (unpaired) electrons. The lowest BCUT2D eigenvalue weighted by atomic mass is 9.91. The van der Waals surface area contributed by atoms with Crippen molar-refractivity contribution in [2.24, 2.45) is 0 Å². The van der Waals surface area contributed by atoms with Gasteiger partial charge in [0.1, 0.15) is 11.4 Å². The topological polar surface area (TPSA) is 59.6 Å². The van der Waals surface area contributed by atoms with Gasteiger partial charge in [0.25, 0.3) is 5.91 Å². The molecule has 1 fully saturated rings. The Morgan fingerprint density at radius 3 is 2.50 bits per heavy atom. The number of hydrogen-bond acceptors (Lipinski definition) is 4. The van der Waals surface area contributed by atoms with Crippen molar-refractivity contribution in [3.8, 4) is 5.75 Å². The van der Waals surface area contributed by atoms with Crippen LogP contribution in [0, 0.1) is 0 Å². The van der Waals surface area contributed by atoms with Crippen molar-refractivity contribution >= 4 is 18.3 Å². The summed E-state index contributed by atoms with van der Waals surface area (Å²) in [7, 11) is 1.63. The molecule has 0 aromatic heterocycles. The molecule has 30 heavy (non-hydrogen) atoms. The van der Waals surface area contributed by atoms with Crippen LogP contribution in [0.25, 0.3) is 0 Å². The number of piperidine rings is 1. The molecule has 1 heterocycles. The van der Waals surface area contributed by atoms with Crippen molar-refractivity contribution in [2.75, 3.05) is 33.4 Å². The molecule has 0 aliphatic carbocycles. The van der Waals surface area contributed by atoms with E-state index >= 15 is 0 Å². The molecule has 6 heteroatoms. The molecule has 2 aromatic rings. The van der Waals surface area contributed by atoms with Gasteiger partial charge in [0.05, 0.1) is 6.61 Å². The first-order valence-electron chi connectivity index (χ1n) is 10.5. The summed E-state index contributed by atoms with van der Waals surface area (Å²) >= 11 is 0. The number of rotatable bonds is 10. The highest BCUT2D eigenvalue weighted by Gasteiger charge is 2.39. The van der Waals surface area contributed by atoms with E-state index in [-0.39, 0.29) is 18.3 Å². The van der Waals surface area contributed by atoms with E-state index in [1.165, 1.54) is 5.56 Å². The zero-order chi connectivity index (χ0) is 20.4. The lowest BCUT2D eigenvalue weighted by Crippen LogP contribution is -2.54. The number of ether oxygens (including phenoxy) is 2. The molecule has 1 saturated heterocycles. The Bertz CT molecular complexity index is 764. The van der Waals surface area contributed by atoms with Crippen LogP contribution in [0.5, 0.6) is 5.75 Å². The van der Waals surface area contributed by atoms with Gasteiger partial charge in [0, 0.05) is 13.7 Å². The maximum absolute atomic E-state index is 12.6. The number of nitrogens with one attached hydrogen (secondary N) is 2. The molecule has 3 rings (SSSR count). The zero-order valence-corrected chi connectivity index (χ0v) is 18.5. The standard InChI is InChI=1S/C24H32N2O3.ClH/c1-28-24(13-16-25-17-14-24)23(27)26-15-12-21-9-5-11-22(19-21)29-18-6-10-20-7-3-2-4-8-20;/h2-5,7-9,11,19,25H,6,10,12-18H2,1H3,(H,26,27);1H. The summed E-state index contributed by atoms with van der Waals surface area (Å²) in [5, 5.41) is 6.32. The lowest BCUT2D eigenvalue weighted by Gasteiger charge is -2.34. The number of methoxy groups -OCH3 is 1. The average molecular weight is 433 g/mol. The molecule has 0 saturated carbocycles. The van der Waals surface area contributed by atoms with Gasteiger partial charge in [-0.2, -0.15) is 0 Å². The van der Waals surface area contributed by atoms with Gasteiger partial charge in [-0.15, -0.1) is 12.4 Å². The molecular formula is C24H33ClN2O3. The number of amides is 1. The second-order valence-corrected chi connectivity index (χ2v) is 7.54. The van der Waals surface area contributed by atoms with E-state index in [0.29, 0.717) is 26.0 Å². The molecule has 2 aromatic carbocycles. The van der Waals surface area contributed by atoms with Gasteiger partial charge in [0.15, 0.2) is 0 Å². The van der Waals surface area contributed by atoms with Gasteiger partial charge in [0.2, 0.25) is 0 Å². The number of halogens is 1. The summed E-state index contributed by atoms with van der Waals surface area (Å²) in [4.78, 5) is 12.6. The molecule has 0 atom stereocenters. The van der Waals surface area contributed by atoms with Crippen molar-refractivity contribution in [3.63, 3.8) is 0 Å². The molecule has 0 spiro atoms. The largest absolute Gasteiger partial charge is 0.494 e. The first kappa shape index (κ1) is 24.2. The fourth-order valence-corrected chi connectivity index (χ4v) is 3.74. The highest BCUT2D eigenvalue weighted by Crippen LogP contribution is 2.22. The van der Waals surface area contributed by atoms with Gasteiger partial charge < -0.3 is 20.1 Å². The Morgan fingerprint density at radius 2 is 1.77 bits per heavy atom. The predicted octanol–water partition coefficient (Wildman–Crippen LogP) is 3.55. The minimum atomic E-state index is -0.686. The Kier molecular flexibility index (Phi) is 10.1. The zero-order valence-electron chi connectivity index (χ0n) is 17.7. The highest BCUT2D eigenvalue weighted by atomic mass is 35.5. The van der Waals surface area contributed by atoms with Gasteiger partial charge in [-0.25, -0.2) is 0 Å². The summed E-state index contributed by atoms with van der Waals surface area (Å²) in [6, 6.07) is 18.6. The fourth-order valence-electron chi connectivity index (χ4n) is 3.74. The molecule has 164 valence electrons. The first-order chi connectivity index (χ1) is 14.2. The molecular weight excluding hydrogens is 400 g/mol. The molecule has 0 bridgehead atoms. The SMILES string of the molecule is COC1(C(=O)NCCc2cccc(OCCCc3ccccc3)c2)CCNCC1.Cl. The number of hydrogen-bond donors (Lipinski definition) is 2. The van der Waals surface area contributed by atoms with Crippen LogP contribution in [0.2, 0.25) is 0 Å². The summed E-state index contributed by atoms with van der Waals surface area (Å²) < 4.78 is 11.5. The number of carbonyl (C=O) groups is 1. The average Bonchev–Trinajstić information content (AvgIpc) is 2.78. The monoisotopic (exact) mass is 432 g/mol. The lowest BCUT2D eigenvalue weighted by molar-refractivity contribution is -0.146. The molecule has 5 nitrogen and oxygen atoms in total. The molecule has 1 amide bonds. The second-order valence-electron chi connectivity index (χ2n) is 7.54. The highest BCUT2D eigenvalue weighted by molar-refractivity contribution is 5.85. The Morgan fingerprint density at radius 1 is 1.03 bits per heavy atom. The third-order valence-electron chi connectivity index (χ3n) is 5.53. The van der Waals surface area contributed by atoms with Crippen LogP contribution in [-0.4, -0.2) is 44.9 Å². The van der Waals surface area contributed by atoms with Gasteiger partial charge in [-0.05, 0) is 68.5 Å². The van der Waals surface area contributed by atoms with E-state index in [1.807, 2.05) is 18.2 Å². The normalized spacial score (nSPS) is 15.1. The maximum atomic E-state index is 12.6. The van der Waals surface area contributed by atoms with Crippen LogP contribution in [-0.2, 0) is 22.4 Å². The van der Waals surface area contributed by atoms with E-state index in [4.69, 9.17) is 9.47 Å². The minimum Gasteiger partial charge on any atom is -0.494 e. The smallest absolute Gasteiger partial charge is 0.252 e. The van der Waals surface area contributed by atoms with Crippen LogP contribution in [0.4, 0.5) is 0 Å². The maximum Gasteiger partial charge on any atom is 0.252 e. The van der Waals surface area contributed by atoms with E-state index in [9.17, 15) is 4.79 Å². The Labute approximate surface area is 186 Å². The van der Waals surface area contributed by atoms with Crippen LogP contribution >= 0.6 is 12.4 Å².